The highest BCUT2D eigenvalue weighted by Crippen LogP contribution is 1.65. The first-order valence-electron chi connectivity index (χ1n) is 2.57. The lowest BCUT2D eigenvalue weighted by Crippen LogP contribution is -1.85. The molecule has 0 aliphatic rings. The molecule has 1 heteroatoms. The molecular formula is C6H15O. The summed E-state index contributed by atoms with van der Waals surface area (Å²) in [4.78, 5) is 0. The van der Waals surface area contributed by atoms with E-state index in [4.69, 9.17) is 5.11 Å². The van der Waals surface area contributed by atoms with E-state index in [0.29, 0.717) is 0 Å². The molecule has 0 spiro atoms. The summed E-state index contributed by atoms with van der Waals surface area (Å²) in [6.07, 6.45) is 1.83. The van der Waals surface area contributed by atoms with Crippen LogP contribution in [0.2, 0.25) is 0 Å². The third kappa shape index (κ3) is 58400. The van der Waals surface area contributed by atoms with Crippen LogP contribution in [0.3, 0.4) is 0 Å². The van der Waals surface area contributed by atoms with Crippen LogP contribution in [0.25, 0.3) is 0 Å². The Morgan fingerprint density at radius 1 is 1.29 bits per heavy atom. The van der Waals surface area contributed by atoms with Gasteiger partial charge in [-0.25, -0.2) is 0 Å². The van der Waals surface area contributed by atoms with Crippen LogP contribution < -0.4 is 0 Å². The fourth-order valence-corrected chi connectivity index (χ4v) is 0. The quantitative estimate of drug-likeness (QED) is 0.494. The SMILES string of the molecule is CC(C)O.C[CH]C. The number of hydrogen-bond donors (Lipinski definition) is 1. The summed E-state index contributed by atoms with van der Waals surface area (Å²) in [5.41, 5.74) is 0. The maximum atomic E-state index is 8.06. The van der Waals surface area contributed by atoms with Gasteiger partial charge in [0.05, 0.1) is 0 Å². The second kappa shape index (κ2) is 9.35. The second-order valence-electron chi connectivity index (χ2n) is 1.67. The van der Waals surface area contributed by atoms with Gasteiger partial charge < -0.3 is 5.11 Å². The number of aliphatic hydroxyl groups is 1. The van der Waals surface area contributed by atoms with Gasteiger partial charge in [-0.15, -0.1) is 0 Å². The van der Waals surface area contributed by atoms with Crippen molar-refractivity contribution in [3.05, 3.63) is 6.42 Å². The Morgan fingerprint density at radius 3 is 1.29 bits per heavy atom. The molecule has 1 radical (unpaired) electrons. The molecule has 0 atom stereocenters. The van der Waals surface area contributed by atoms with Gasteiger partial charge in [0, 0.05) is 6.10 Å². The Kier molecular flexibility index (Phi) is 13.4. The molecule has 0 heterocycles. The maximum Gasteiger partial charge on any atom is 0.0483 e. The Morgan fingerprint density at radius 2 is 1.29 bits per heavy atom. The van der Waals surface area contributed by atoms with Crippen molar-refractivity contribution in [1.82, 2.24) is 0 Å². The van der Waals surface area contributed by atoms with E-state index >= 15 is 0 Å². The van der Waals surface area contributed by atoms with Gasteiger partial charge >= 0.3 is 0 Å². The molecule has 0 rings (SSSR count). The lowest BCUT2D eigenvalue weighted by molar-refractivity contribution is 0.216. The van der Waals surface area contributed by atoms with Gasteiger partial charge in [0.15, 0.2) is 0 Å². The minimum atomic E-state index is -0.167. The highest BCUT2D eigenvalue weighted by atomic mass is 16.3. The van der Waals surface area contributed by atoms with Crippen molar-refractivity contribution in [2.24, 2.45) is 0 Å². The third-order valence-electron chi connectivity index (χ3n) is 0. The van der Waals surface area contributed by atoms with Crippen molar-refractivity contribution >= 4 is 0 Å². The average Bonchev–Trinajstić information content (AvgIpc) is 1.33. The maximum absolute atomic E-state index is 8.06. The van der Waals surface area contributed by atoms with Crippen molar-refractivity contribution in [3.63, 3.8) is 0 Å². The zero-order valence-corrected chi connectivity index (χ0v) is 5.60. The van der Waals surface area contributed by atoms with E-state index in [1.165, 1.54) is 0 Å². The molecule has 0 aromatic heterocycles. The van der Waals surface area contributed by atoms with E-state index in [-0.39, 0.29) is 6.10 Å². The topological polar surface area (TPSA) is 20.2 Å². The molecule has 0 aromatic rings. The van der Waals surface area contributed by atoms with Crippen molar-refractivity contribution in [2.45, 2.75) is 33.8 Å². The normalized spacial score (nSPS) is 7.71. The zero-order chi connectivity index (χ0) is 6.28. The van der Waals surface area contributed by atoms with E-state index in [1.807, 2.05) is 20.3 Å². The minimum Gasteiger partial charge on any atom is -0.394 e. The summed E-state index contributed by atoms with van der Waals surface area (Å²) in [6, 6.07) is 0. The molecule has 1 N–H and O–H groups in total. The van der Waals surface area contributed by atoms with Crippen LogP contribution in [-0.4, -0.2) is 11.2 Å². The Hall–Kier alpha value is -0.0400. The first-order valence-corrected chi connectivity index (χ1v) is 2.57. The average molecular weight is 103 g/mol. The molecule has 0 aliphatic carbocycles. The lowest BCUT2D eigenvalue weighted by atomic mass is 10.5. The van der Waals surface area contributed by atoms with Gasteiger partial charge in [-0.2, -0.15) is 0 Å². The Balaban J connectivity index is 0. The fraction of sp³-hybridized carbons (Fsp3) is 0.833. The van der Waals surface area contributed by atoms with Crippen LogP contribution in [0.1, 0.15) is 27.7 Å². The molecule has 0 saturated heterocycles. The summed E-state index contributed by atoms with van der Waals surface area (Å²) in [7, 11) is 0. The van der Waals surface area contributed by atoms with E-state index in [1.54, 1.807) is 13.8 Å². The van der Waals surface area contributed by atoms with Gasteiger partial charge in [0.1, 0.15) is 0 Å². The minimum absolute atomic E-state index is 0.167. The molecule has 0 unspecified atom stereocenters. The van der Waals surface area contributed by atoms with Crippen molar-refractivity contribution in [1.29, 1.82) is 0 Å². The summed E-state index contributed by atoms with van der Waals surface area (Å²) in [6.45, 7) is 7.44. The first kappa shape index (κ1) is 10.0. The molecule has 0 saturated carbocycles. The van der Waals surface area contributed by atoms with Crippen molar-refractivity contribution in [3.8, 4) is 0 Å². The first-order chi connectivity index (χ1) is 3.15. The fourth-order valence-electron chi connectivity index (χ4n) is 0. The summed E-state index contributed by atoms with van der Waals surface area (Å²) >= 11 is 0. The molecular weight excluding hydrogens is 88.1 g/mol. The van der Waals surface area contributed by atoms with Crippen LogP contribution in [-0.2, 0) is 0 Å². The van der Waals surface area contributed by atoms with Gasteiger partial charge in [0.25, 0.3) is 0 Å². The lowest BCUT2D eigenvalue weighted by Gasteiger charge is -1.80. The number of rotatable bonds is 0. The third-order valence-corrected chi connectivity index (χ3v) is 0. The van der Waals surface area contributed by atoms with E-state index in [2.05, 4.69) is 0 Å². The van der Waals surface area contributed by atoms with Crippen LogP contribution >= 0.6 is 0 Å². The van der Waals surface area contributed by atoms with Crippen LogP contribution in [0.15, 0.2) is 0 Å². The Bertz CT molecular complexity index is 15.4. The van der Waals surface area contributed by atoms with Crippen molar-refractivity contribution < 1.29 is 5.11 Å². The largest absolute Gasteiger partial charge is 0.394 e. The molecule has 45 valence electrons. The smallest absolute Gasteiger partial charge is 0.0483 e. The van der Waals surface area contributed by atoms with Gasteiger partial charge in [-0.1, -0.05) is 13.8 Å². The van der Waals surface area contributed by atoms with E-state index < -0.39 is 0 Å². The van der Waals surface area contributed by atoms with Gasteiger partial charge in [-0.05, 0) is 20.3 Å². The molecule has 0 aromatic carbocycles. The summed E-state index contributed by atoms with van der Waals surface area (Å²) in [5.74, 6) is 0. The molecule has 0 aliphatic heterocycles. The molecule has 0 bridgehead atoms. The predicted octanol–water partition coefficient (Wildman–Crippen LogP) is 1.62. The zero-order valence-electron chi connectivity index (χ0n) is 5.60. The highest BCUT2D eigenvalue weighted by molar-refractivity contribution is 4.34. The van der Waals surface area contributed by atoms with Crippen LogP contribution in [0.4, 0.5) is 0 Å². The number of hydrogen-bond acceptors (Lipinski definition) is 1. The monoisotopic (exact) mass is 103 g/mol. The Labute approximate surface area is 46.4 Å². The van der Waals surface area contributed by atoms with Crippen molar-refractivity contribution in [2.75, 3.05) is 0 Å². The standard InChI is InChI=1S/C3H8O.C3H7/c1-3(2)4;1-3-2/h3-4H,1-2H3;3H,1-2H3. The molecule has 0 fully saturated rings. The van der Waals surface area contributed by atoms with E-state index in [0.717, 1.165) is 0 Å². The molecule has 1 nitrogen and oxygen atoms in total. The van der Waals surface area contributed by atoms with Gasteiger partial charge in [0.2, 0.25) is 0 Å². The van der Waals surface area contributed by atoms with Gasteiger partial charge in [-0.3, -0.25) is 0 Å². The van der Waals surface area contributed by atoms with Crippen LogP contribution in [0, 0.1) is 6.42 Å². The molecule has 0 amide bonds. The summed E-state index contributed by atoms with van der Waals surface area (Å²) < 4.78 is 0. The highest BCUT2D eigenvalue weighted by Gasteiger charge is 1.69. The second-order valence-corrected chi connectivity index (χ2v) is 1.67. The summed E-state index contributed by atoms with van der Waals surface area (Å²) in [5, 5.41) is 8.06. The number of aliphatic hydroxyl groups excluding tert-OH is 1. The molecule has 7 heavy (non-hydrogen) atoms. The van der Waals surface area contributed by atoms with Crippen LogP contribution in [0.5, 0.6) is 0 Å². The van der Waals surface area contributed by atoms with E-state index in [9.17, 15) is 0 Å². The predicted molar refractivity (Wildman–Crippen MR) is 33.0 cm³/mol.